The van der Waals surface area contributed by atoms with Gasteiger partial charge in [-0.1, -0.05) is 107 Å². The van der Waals surface area contributed by atoms with Crippen molar-refractivity contribution < 1.29 is 0 Å². The summed E-state index contributed by atoms with van der Waals surface area (Å²) in [7, 11) is 0. The van der Waals surface area contributed by atoms with Gasteiger partial charge in [0.05, 0.1) is 0 Å². The maximum absolute atomic E-state index is 3.81. The van der Waals surface area contributed by atoms with Gasteiger partial charge in [0.25, 0.3) is 0 Å². The summed E-state index contributed by atoms with van der Waals surface area (Å²) in [6.07, 6.45) is 16.8. The molecule has 1 saturated carbocycles. The van der Waals surface area contributed by atoms with Crippen molar-refractivity contribution in [2.75, 3.05) is 5.32 Å². The molecule has 1 heteroatoms. The monoisotopic (exact) mass is 325 g/mol. The molecule has 1 N–H and O–H groups in total. The molecule has 1 aliphatic carbocycles. The van der Waals surface area contributed by atoms with Crippen LogP contribution in [0.1, 0.15) is 77.0 Å². The minimum absolute atomic E-state index is 0.623. The molecule has 0 atom stereocenters. The molecule has 132 valence electrons. The second-order valence-corrected chi connectivity index (χ2v) is 7.09. The summed E-state index contributed by atoms with van der Waals surface area (Å²) in [5, 5.41) is 3.81. The van der Waals surface area contributed by atoms with Gasteiger partial charge in [0.15, 0.2) is 0 Å². The van der Waals surface area contributed by atoms with E-state index in [1.807, 2.05) is 0 Å². The summed E-state index contributed by atoms with van der Waals surface area (Å²) in [5.41, 5.74) is 1.24. The molecule has 0 amide bonds. The van der Waals surface area contributed by atoms with E-state index in [0.717, 1.165) is 0 Å². The molecule has 0 unspecified atom stereocenters. The number of rotatable bonds is 2. The number of nitrogens with one attached hydrogen (secondary N) is 1. The van der Waals surface area contributed by atoms with Crippen LogP contribution < -0.4 is 5.32 Å². The van der Waals surface area contributed by atoms with Gasteiger partial charge in [-0.25, -0.2) is 0 Å². The lowest BCUT2D eigenvalue weighted by Crippen LogP contribution is -2.19. The van der Waals surface area contributed by atoms with Gasteiger partial charge in [0.2, 0.25) is 0 Å². The summed E-state index contributed by atoms with van der Waals surface area (Å²) in [5.74, 6) is 0. The van der Waals surface area contributed by atoms with Crippen molar-refractivity contribution in [3.8, 4) is 0 Å². The summed E-state index contributed by atoms with van der Waals surface area (Å²) in [6, 6.07) is 19.7. The van der Waals surface area contributed by atoms with Gasteiger partial charge in [-0.15, -0.1) is 0 Å². The second kappa shape index (κ2) is 12.9. The zero-order valence-electron chi connectivity index (χ0n) is 15.3. The first-order valence-corrected chi connectivity index (χ1v) is 10.1. The molecule has 2 rings (SSSR count). The van der Waals surface area contributed by atoms with E-state index in [0.29, 0.717) is 6.04 Å². The average Bonchev–Trinajstić information content (AvgIpc) is 2.63. The van der Waals surface area contributed by atoms with Crippen LogP contribution in [0.25, 0.3) is 0 Å². The van der Waals surface area contributed by atoms with Crippen molar-refractivity contribution in [3.63, 3.8) is 0 Å². The Morgan fingerprint density at radius 2 is 0.875 bits per heavy atom. The maximum atomic E-state index is 3.81. The first-order valence-electron chi connectivity index (χ1n) is 10.1. The number of hydrogen-bond donors (Lipinski definition) is 1. The van der Waals surface area contributed by atoms with Gasteiger partial charge in [-0.05, 0) is 25.0 Å². The van der Waals surface area contributed by atoms with Gasteiger partial charge < -0.3 is 5.32 Å². The van der Waals surface area contributed by atoms with Crippen molar-refractivity contribution in [1.29, 1.82) is 0 Å². The highest BCUT2D eigenvalue weighted by Gasteiger charge is 2.08. The van der Waals surface area contributed by atoms with Crippen LogP contribution in [0.2, 0.25) is 0 Å². The van der Waals surface area contributed by atoms with Crippen molar-refractivity contribution in [2.24, 2.45) is 0 Å². The number of hydrogen-bond acceptors (Lipinski definition) is 1. The third kappa shape index (κ3) is 8.96. The largest absolute Gasteiger partial charge is 0.382 e. The first kappa shape index (κ1) is 18.8. The van der Waals surface area contributed by atoms with E-state index in [1.54, 1.807) is 0 Å². The summed E-state index contributed by atoms with van der Waals surface area (Å²) >= 11 is 0. The highest BCUT2D eigenvalue weighted by atomic mass is 14.9. The lowest BCUT2D eigenvalue weighted by molar-refractivity contribution is 0.520. The van der Waals surface area contributed by atoms with E-state index in [1.165, 1.54) is 82.7 Å². The summed E-state index contributed by atoms with van der Waals surface area (Å²) < 4.78 is 0. The Hall–Kier alpha value is -1.50. The third-order valence-corrected chi connectivity index (χ3v) is 4.94. The van der Waals surface area contributed by atoms with Gasteiger partial charge >= 0.3 is 0 Å². The molecule has 0 saturated heterocycles. The average molecular weight is 326 g/mol. The molecule has 1 aromatic carbocycles. The van der Waals surface area contributed by atoms with Crippen LogP contribution in [-0.4, -0.2) is 6.04 Å². The molecule has 0 aliphatic heterocycles. The summed E-state index contributed by atoms with van der Waals surface area (Å²) in [6.45, 7) is 0. The predicted octanol–water partition coefficient (Wildman–Crippen LogP) is 7.29. The standard InChI is InChI=1S/C23H35N/c1-2-4-7-11-15-19-22(18-14-10-6-3-1)24-23-20-16-12-8-5-9-13-17-21-23/h5,8-9,12-13,16-17,20-22,24H,1-4,6-7,10-11,14-15,18-19H2. The van der Waals surface area contributed by atoms with Crippen molar-refractivity contribution in [1.82, 2.24) is 0 Å². The second-order valence-electron chi connectivity index (χ2n) is 7.09. The molecule has 1 aromatic rings. The lowest BCUT2D eigenvalue weighted by atomic mass is 10.0. The first-order chi connectivity index (χ1) is 11.9. The van der Waals surface area contributed by atoms with Gasteiger partial charge in [-0.2, -0.15) is 0 Å². The Morgan fingerprint density at radius 1 is 0.500 bits per heavy atom. The Bertz CT molecular complexity index is 442. The van der Waals surface area contributed by atoms with E-state index in [4.69, 9.17) is 0 Å². The van der Waals surface area contributed by atoms with Crippen LogP contribution in [0.4, 0.5) is 5.69 Å². The molecule has 24 heavy (non-hydrogen) atoms. The summed E-state index contributed by atoms with van der Waals surface area (Å²) in [4.78, 5) is 0. The van der Waals surface area contributed by atoms with Gasteiger partial charge in [-0.3, -0.25) is 0 Å². The van der Waals surface area contributed by atoms with Gasteiger partial charge in [0, 0.05) is 11.7 Å². The van der Waals surface area contributed by atoms with E-state index in [9.17, 15) is 0 Å². The quantitative estimate of drug-likeness (QED) is 0.602. The predicted molar refractivity (Wildman–Crippen MR) is 107 cm³/mol. The topological polar surface area (TPSA) is 12.0 Å². The fraction of sp³-hybridized carbons (Fsp3) is 0.565. The molecule has 1 nitrogen and oxygen atoms in total. The Kier molecular flexibility index (Phi) is 10.1. The number of anilines is 1. The minimum Gasteiger partial charge on any atom is -0.382 e. The van der Waals surface area contributed by atoms with Crippen molar-refractivity contribution in [3.05, 3.63) is 54.6 Å². The molecule has 0 spiro atoms. The Morgan fingerprint density at radius 3 is 1.33 bits per heavy atom. The van der Waals surface area contributed by atoms with Gasteiger partial charge in [0.1, 0.15) is 0 Å². The highest BCUT2D eigenvalue weighted by Crippen LogP contribution is 2.19. The van der Waals surface area contributed by atoms with E-state index in [-0.39, 0.29) is 0 Å². The van der Waals surface area contributed by atoms with Crippen molar-refractivity contribution in [2.45, 2.75) is 83.1 Å². The molecule has 1 aliphatic rings. The fourth-order valence-electron chi connectivity index (χ4n) is 3.51. The van der Waals surface area contributed by atoms with E-state index in [2.05, 4.69) is 59.9 Å². The smallest absolute Gasteiger partial charge is 0.0342 e. The molecule has 0 bridgehead atoms. The lowest BCUT2D eigenvalue weighted by Gasteiger charge is -2.19. The Balaban J connectivity index is 1.95. The SMILES string of the molecule is c1ccccc(NC2CCCCCCCCCCCC2)cccc1. The normalized spacial score (nSPS) is 18.3. The molecular formula is C23H35N. The molecule has 0 heterocycles. The van der Waals surface area contributed by atoms with Crippen LogP contribution in [-0.2, 0) is 0 Å². The minimum atomic E-state index is 0.623. The third-order valence-electron chi connectivity index (χ3n) is 4.94. The zero-order valence-corrected chi connectivity index (χ0v) is 15.3. The van der Waals surface area contributed by atoms with Crippen LogP contribution in [0.15, 0.2) is 54.6 Å². The van der Waals surface area contributed by atoms with E-state index < -0.39 is 0 Å². The van der Waals surface area contributed by atoms with E-state index >= 15 is 0 Å². The van der Waals surface area contributed by atoms with Crippen LogP contribution in [0, 0.1) is 0 Å². The van der Waals surface area contributed by atoms with Crippen LogP contribution in [0.5, 0.6) is 0 Å². The highest BCUT2D eigenvalue weighted by molar-refractivity contribution is 5.41. The molecule has 0 radical (unpaired) electrons. The van der Waals surface area contributed by atoms with Crippen molar-refractivity contribution >= 4 is 5.69 Å². The molecule has 0 aromatic heterocycles. The molecular weight excluding hydrogens is 290 g/mol. The fourth-order valence-corrected chi connectivity index (χ4v) is 3.51. The Labute approximate surface area is 149 Å². The van der Waals surface area contributed by atoms with Crippen LogP contribution >= 0.6 is 0 Å². The van der Waals surface area contributed by atoms with Crippen LogP contribution in [0.3, 0.4) is 0 Å². The maximum Gasteiger partial charge on any atom is 0.0342 e. The molecule has 1 fully saturated rings. The zero-order chi connectivity index (χ0) is 16.7.